The maximum absolute atomic E-state index is 5.98. The molecule has 0 bridgehead atoms. The van der Waals surface area contributed by atoms with Gasteiger partial charge in [-0.25, -0.2) is 0 Å². The minimum Gasteiger partial charge on any atom is -0.378 e. The van der Waals surface area contributed by atoms with Gasteiger partial charge in [0.1, 0.15) is 0 Å². The van der Waals surface area contributed by atoms with Crippen LogP contribution < -0.4 is 5.32 Å². The molecule has 1 aromatic heterocycles. The minimum atomic E-state index is 0.618. The lowest BCUT2D eigenvalue weighted by atomic mass is 10.3. The van der Waals surface area contributed by atoms with Gasteiger partial charge in [0.05, 0.1) is 33.6 Å². The van der Waals surface area contributed by atoms with Crippen molar-refractivity contribution >= 4 is 33.2 Å². The first-order chi connectivity index (χ1) is 7.77. The molecule has 1 aromatic carbocycles. The first-order valence-electron chi connectivity index (χ1n) is 4.70. The molecule has 2 aromatic rings. The molecule has 5 heteroatoms. The Balaban J connectivity index is 2.08. The Hall–Kier alpha value is -1.13. The third-order valence-electron chi connectivity index (χ3n) is 2.03. The van der Waals surface area contributed by atoms with Gasteiger partial charge >= 0.3 is 0 Å². The van der Waals surface area contributed by atoms with Crippen LogP contribution in [0, 0.1) is 0 Å². The van der Waals surface area contributed by atoms with E-state index in [0.29, 0.717) is 11.6 Å². The highest BCUT2D eigenvalue weighted by atomic mass is 79.9. The third-order valence-corrected chi connectivity index (χ3v) is 3.43. The van der Waals surface area contributed by atoms with Crippen molar-refractivity contribution in [1.29, 1.82) is 0 Å². The molecule has 0 saturated heterocycles. The predicted octanol–water partition coefficient (Wildman–Crippen LogP) is 3.50. The first-order valence-corrected chi connectivity index (χ1v) is 5.87. The molecule has 0 aliphatic rings. The number of hydrogen-bond donors (Lipinski definition) is 1. The zero-order chi connectivity index (χ0) is 11.4. The van der Waals surface area contributed by atoms with E-state index in [2.05, 4.69) is 31.2 Å². The Morgan fingerprint density at radius 2 is 2.19 bits per heavy atom. The van der Waals surface area contributed by atoms with E-state index in [1.807, 2.05) is 18.2 Å². The van der Waals surface area contributed by atoms with Gasteiger partial charge in [-0.05, 0) is 28.1 Å². The van der Waals surface area contributed by atoms with Crippen molar-refractivity contribution in [3.8, 4) is 0 Å². The zero-order valence-corrected chi connectivity index (χ0v) is 10.7. The fourth-order valence-corrected chi connectivity index (χ4v) is 1.83. The van der Waals surface area contributed by atoms with Crippen LogP contribution in [0.4, 0.5) is 5.69 Å². The molecule has 0 aliphatic heterocycles. The molecule has 0 spiro atoms. The van der Waals surface area contributed by atoms with E-state index in [1.54, 1.807) is 18.6 Å². The zero-order valence-electron chi connectivity index (χ0n) is 8.32. The molecule has 0 atom stereocenters. The molecule has 0 fully saturated rings. The van der Waals surface area contributed by atoms with Gasteiger partial charge in [0, 0.05) is 12.4 Å². The Kier molecular flexibility index (Phi) is 3.74. The number of hydrogen-bond acceptors (Lipinski definition) is 3. The summed E-state index contributed by atoms with van der Waals surface area (Å²) in [5, 5.41) is 3.92. The van der Waals surface area contributed by atoms with Crippen molar-refractivity contribution < 1.29 is 0 Å². The number of anilines is 1. The second kappa shape index (κ2) is 5.27. The summed E-state index contributed by atoms with van der Waals surface area (Å²) < 4.78 is 0.862. The van der Waals surface area contributed by atoms with Gasteiger partial charge in [0.25, 0.3) is 0 Å². The number of rotatable bonds is 3. The highest BCUT2D eigenvalue weighted by molar-refractivity contribution is 9.10. The van der Waals surface area contributed by atoms with E-state index in [9.17, 15) is 0 Å². The van der Waals surface area contributed by atoms with E-state index in [4.69, 9.17) is 11.6 Å². The van der Waals surface area contributed by atoms with Crippen LogP contribution in [0.15, 0.2) is 41.3 Å². The second-order valence-electron chi connectivity index (χ2n) is 3.15. The number of nitrogens with zero attached hydrogens (tertiary/aromatic N) is 2. The van der Waals surface area contributed by atoms with Gasteiger partial charge < -0.3 is 5.32 Å². The fourth-order valence-electron chi connectivity index (χ4n) is 1.25. The van der Waals surface area contributed by atoms with E-state index in [-0.39, 0.29) is 0 Å². The largest absolute Gasteiger partial charge is 0.378 e. The van der Waals surface area contributed by atoms with Crippen molar-refractivity contribution in [2.24, 2.45) is 0 Å². The molecule has 0 saturated carbocycles. The van der Waals surface area contributed by atoms with Crippen LogP contribution in [-0.4, -0.2) is 9.97 Å². The molecule has 0 radical (unpaired) electrons. The molecule has 0 aliphatic carbocycles. The summed E-state index contributed by atoms with van der Waals surface area (Å²) in [5.74, 6) is 0. The van der Waals surface area contributed by atoms with Crippen molar-refractivity contribution in [2.75, 3.05) is 5.32 Å². The van der Waals surface area contributed by atoms with Crippen LogP contribution in [-0.2, 0) is 6.54 Å². The molecule has 0 amide bonds. The highest BCUT2D eigenvalue weighted by Crippen LogP contribution is 2.30. The summed E-state index contributed by atoms with van der Waals surface area (Å²) in [6, 6.07) is 5.68. The number of benzene rings is 1. The average molecular weight is 299 g/mol. The molecular weight excluding hydrogens is 289 g/mol. The van der Waals surface area contributed by atoms with E-state index >= 15 is 0 Å². The lowest BCUT2D eigenvalue weighted by molar-refractivity contribution is 1.01. The van der Waals surface area contributed by atoms with Crippen molar-refractivity contribution in [2.45, 2.75) is 6.54 Å². The lowest BCUT2D eigenvalue weighted by Crippen LogP contribution is -2.02. The molecule has 16 heavy (non-hydrogen) atoms. The van der Waals surface area contributed by atoms with E-state index in [1.165, 1.54) is 0 Å². The molecule has 82 valence electrons. The maximum Gasteiger partial charge on any atom is 0.0777 e. The summed E-state index contributed by atoms with van der Waals surface area (Å²) in [4.78, 5) is 8.17. The van der Waals surface area contributed by atoms with Gasteiger partial charge in [0.2, 0.25) is 0 Å². The maximum atomic E-state index is 5.98. The highest BCUT2D eigenvalue weighted by Gasteiger charge is 2.03. The molecule has 1 N–H and O–H groups in total. The Labute approximate surface area is 107 Å². The summed E-state index contributed by atoms with van der Waals surface area (Å²) in [7, 11) is 0. The molecule has 3 nitrogen and oxygen atoms in total. The average Bonchev–Trinajstić information content (AvgIpc) is 2.32. The normalized spacial score (nSPS) is 10.1. The topological polar surface area (TPSA) is 37.8 Å². The number of aromatic nitrogens is 2. The van der Waals surface area contributed by atoms with Crippen LogP contribution >= 0.6 is 27.5 Å². The number of nitrogens with one attached hydrogen (secondary N) is 1. The predicted molar refractivity (Wildman–Crippen MR) is 68.5 cm³/mol. The standard InChI is InChI=1S/C11H9BrClN3/c12-11-9(13)2-1-3-10(11)16-7-8-6-14-4-5-15-8/h1-6,16H,7H2. The SMILES string of the molecule is Clc1cccc(NCc2cnccn2)c1Br. The quantitative estimate of drug-likeness (QED) is 0.942. The van der Waals surface area contributed by atoms with Crippen LogP contribution in [0.1, 0.15) is 5.69 Å². The van der Waals surface area contributed by atoms with Crippen LogP contribution in [0.5, 0.6) is 0 Å². The molecule has 1 heterocycles. The summed E-state index contributed by atoms with van der Waals surface area (Å²) >= 11 is 9.40. The Bertz CT molecular complexity index is 476. The Morgan fingerprint density at radius 3 is 2.94 bits per heavy atom. The van der Waals surface area contributed by atoms with Crippen LogP contribution in [0.3, 0.4) is 0 Å². The fraction of sp³-hybridized carbons (Fsp3) is 0.0909. The molecular formula is C11H9BrClN3. The molecule has 0 unspecified atom stereocenters. The smallest absolute Gasteiger partial charge is 0.0777 e. The molecule has 2 rings (SSSR count). The summed E-state index contributed by atoms with van der Waals surface area (Å²) in [6.45, 7) is 0.618. The number of halogens is 2. The van der Waals surface area contributed by atoms with Crippen LogP contribution in [0.2, 0.25) is 5.02 Å². The summed E-state index contributed by atoms with van der Waals surface area (Å²) in [5.41, 5.74) is 1.83. The third kappa shape index (κ3) is 2.71. The Morgan fingerprint density at radius 1 is 1.31 bits per heavy atom. The van der Waals surface area contributed by atoms with Crippen molar-refractivity contribution in [3.05, 3.63) is 52.0 Å². The first kappa shape index (κ1) is 11.4. The van der Waals surface area contributed by atoms with Gasteiger partial charge in [-0.2, -0.15) is 0 Å². The second-order valence-corrected chi connectivity index (χ2v) is 4.35. The van der Waals surface area contributed by atoms with Crippen molar-refractivity contribution in [1.82, 2.24) is 9.97 Å². The van der Waals surface area contributed by atoms with Gasteiger partial charge in [-0.1, -0.05) is 17.7 Å². The van der Waals surface area contributed by atoms with Gasteiger partial charge in [-0.3, -0.25) is 9.97 Å². The van der Waals surface area contributed by atoms with E-state index < -0.39 is 0 Å². The minimum absolute atomic E-state index is 0.618. The van der Waals surface area contributed by atoms with Gasteiger partial charge in [0.15, 0.2) is 0 Å². The van der Waals surface area contributed by atoms with E-state index in [0.717, 1.165) is 15.9 Å². The van der Waals surface area contributed by atoms with Crippen LogP contribution in [0.25, 0.3) is 0 Å². The van der Waals surface area contributed by atoms with Gasteiger partial charge in [-0.15, -0.1) is 0 Å². The van der Waals surface area contributed by atoms with Crippen molar-refractivity contribution in [3.63, 3.8) is 0 Å². The lowest BCUT2D eigenvalue weighted by Gasteiger charge is -2.08. The monoisotopic (exact) mass is 297 g/mol. The summed E-state index contributed by atoms with van der Waals surface area (Å²) in [6.07, 6.45) is 5.05.